The highest BCUT2D eigenvalue weighted by molar-refractivity contribution is 5.44. The van der Waals surface area contributed by atoms with Gasteiger partial charge in [0.2, 0.25) is 0 Å². The number of para-hydroxylation sites is 1. The van der Waals surface area contributed by atoms with E-state index in [1.807, 2.05) is 56.3 Å². The molecule has 6 nitrogen and oxygen atoms in total. The summed E-state index contributed by atoms with van der Waals surface area (Å²) in [4.78, 5) is 1.56. The number of hydrogen-bond acceptors (Lipinski definition) is 5. The van der Waals surface area contributed by atoms with Crippen molar-refractivity contribution in [1.29, 1.82) is 0 Å². The number of hydrogen-bond donors (Lipinski definition) is 3. The van der Waals surface area contributed by atoms with Gasteiger partial charge in [-0.25, -0.2) is 5.43 Å². The normalized spacial score (nSPS) is 10.8. The fraction of sp³-hybridized carbons (Fsp3) is 0.222. The quantitative estimate of drug-likeness (QED) is 0.608. The number of hydrazine groups is 1. The number of phenolic OH excluding ortho intramolecular Hbond substituents is 1. The molecule has 0 amide bonds. The van der Waals surface area contributed by atoms with E-state index in [1.165, 1.54) is 0 Å². The molecule has 1 heterocycles. The molecule has 0 fully saturated rings. The van der Waals surface area contributed by atoms with Crippen molar-refractivity contribution in [3.05, 3.63) is 65.5 Å². The molecule has 0 aliphatic carbocycles. The van der Waals surface area contributed by atoms with E-state index in [9.17, 15) is 5.11 Å². The first-order valence-electron chi connectivity index (χ1n) is 7.96. The summed E-state index contributed by atoms with van der Waals surface area (Å²) >= 11 is 0. The molecule has 24 heavy (non-hydrogen) atoms. The predicted octanol–water partition coefficient (Wildman–Crippen LogP) is 2.96. The summed E-state index contributed by atoms with van der Waals surface area (Å²) in [5, 5.41) is 19.1. The van der Waals surface area contributed by atoms with Gasteiger partial charge in [0, 0.05) is 23.9 Å². The van der Waals surface area contributed by atoms with Gasteiger partial charge in [0.05, 0.1) is 17.1 Å². The largest absolute Gasteiger partial charge is 0.508 e. The number of nitrogens with zero attached hydrogens (tertiary/aromatic N) is 3. The van der Waals surface area contributed by atoms with Crippen LogP contribution in [0.15, 0.2) is 48.5 Å². The molecule has 0 aliphatic heterocycles. The fourth-order valence-corrected chi connectivity index (χ4v) is 2.44. The maximum Gasteiger partial charge on any atom is 0.122 e. The third-order valence-electron chi connectivity index (χ3n) is 3.80. The number of aromatic hydroxyl groups is 1. The number of aryl methyl sites for hydroxylation is 2. The van der Waals surface area contributed by atoms with Crippen molar-refractivity contribution in [2.75, 3.05) is 5.43 Å². The van der Waals surface area contributed by atoms with E-state index >= 15 is 0 Å². The molecule has 1 aromatic heterocycles. The van der Waals surface area contributed by atoms with Gasteiger partial charge in [-0.15, -0.1) is 0 Å². The SMILES string of the molecule is CCc1nn(-c2ccc(CNNc3ccccc3)c(O)c2)nc1C. The molecule has 3 N–H and O–H groups in total. The molecular weight excluding hydrogens is 302 g/mol. The number of anilines is 1. The van der Waals surface area contributed by atoms with Crippen molar-refractivity contribution in [3.8, 4) is 11.4 Å². The molecule has 0 unspecified atom stereocenters. The molecule has 0 spiro atoms. The second-order valence-corrected chi connectivity index (χ2v) is 5.53. The van der Waals surface area contributed by atoms with Crippen LogP contribution < -0.4 is 10.9 Å². The average molecular weight is 323 g/mol. The van der Waals surface area contributed by atoms with Gasteiger partial charge in [-0.05, 0) is 31.5 Å². The molecule has 6 heteroatoms. The zero-order valence-electron chi connectivity index (χ0n) is 13.8. The number of phenols is 1. The van der Waals surface area contributed by atoms with Gasteiger partial charge >= 0.3 is 0 Å². The van der Waals surface area contributed by atoms with Crippen LogP contribution in [-0.2, 0) is 13.0 Å². The van der Waals surface area contributed by atoms with Crippen molar-refractivity contribution in [2.24, 2.45) is 0 Å². The summed E-state index contributed by atoms with van der Waals surface area (Å²) in [5.74, 6) is 0.211. The summed E-state index contributed by atoms with van der Waals surface area (Å²) < 4.78 is 0. The molecule has 0 saturated heterocycles. The Morgan fingerprint density at radius 2 is 1.88 bits per heavy atom. The number of rotatable bonds is 6. The lowest BCUT2D eigenvalue weighted by Crippen LogP contribution is -2.20. The number of benzene rings is 2. The van der Waals surface area contributed by atoms with Crippen LogP contribution in [0, 0.1) is 6.92 Å². The third kappa shape index (κ3) is 3.55. The molecule has 0 bridgehead atoms. The first-order chi connectivity index (χ1) is 11.7. The first kappa shape index (κ1) is 16.0. The van der Waals surface area contributed by atoms with Crippen LogP contribution in [0.5, 0.6) is 5.75 Å². The molecule has 3 rings (SSSR count). The van der Waals surface area contributed by atoms with Gasteiger partial charge in [-0.1, -0.05) is 31.2 Å². The molecule has 2 aromatic carbocycles. The van der Waals surface area contributed by atoms with E-state index in [0.717, 1.165) is 34.7 Å². The van der Waals surface area contributed by atoms with Crippen LogP contribution in [0.25, 0.3) is 5.69 Å². The predicted molar refractivity (Wildman–Crippen MR) is 94.0 cm³/mol. The Labute approximate surface area is 141 Å². The highest BCUT2D eigenvalue weighted by Gasteiger charge is 2.09. The standard InChI is InChI=1S/C18H21N5O/c1-3-17-13(2)21-23(22-17)16-10-9-14(18(24)11-16)12-19-20-15-7-5-4-6-8-15/h4-11,19-20,24H,3,12H2,1-2H3. The van der Waals surface area contributed by atoms with Gasteiger partial charge in [0.1, 0.15) is 5.75 Å². The second-order valence-electron chi connectivity index (χ2n) is 5.53. The van der Waals surface area contributed by atoms with E-state index in [2.05, 4.69) is 21.0 Å². The van der Waals surface area contributed by atoms with Crippen molar-refractivity contribution in [2.45, 2.75) is 26.8 Å². The van der Waals surface area contributed by atoms with E-state index in [1.54, 1.807) is 10.9 Å². The minimum Gasteiger partial charge on any atom is -0.508 e. The van der Waals surface area contributed by atoms with Crippen LogP contribution in [0.1, 0.15) is 23.9 Å². The smallest absolute Gasteiger partial charge is 0.122 e. The summed E-state index contributed by atoms with van der Waals surface area (Å²) in [6.07, 6.45) is 0.838. The number of aromatic nitrogens is 3. The van der Waals surface area contributed by atoms with Gasteiger partial charge in [0.15, 0.2) is 0 Å². The van der Waals surface area contributed by atoms with Crippen LogP contribution in [0.2, 0.25) is 0 Å². The maximum atomic E-state index is 10.2. The van der Waals surface area contributed by atoms with E-state index in [-0.39, 0.29) is 5.75 Å². The Morgan fingerprint density at radius 3 is 2.54 bits per heavy atom. The molecule has 124 valence electrons. The van der Waals surface area contributed by atoms with Crippen molar-refractivity contribution in [3.63, 3.8) is 0 Å². The van der Waals surface area contributed by atoms with Crippen LogP contribution in [0.3, 0.4) is 0 Å². The van der Waals surface area contributed by atoms with E-state index in [4.69, 9.17) is 0 Å². The number of nitrogens with one attached hydrogen (secondary N) is 2. The monoisotopic (exact) mass is 323 g/mol. The van der Waals surface area contributed by atoms with Crippen molar-refractivity contribution < 1.29 is 5.11 Å². The van der Waals surface area contributed by atoms with Gasteiger partial charge in [-0.2, -0.15) is 15.0 Å². The Bertz CT molecular complexity index is 814. The maximum absolute atomic E-state index is 10.2. The Morgan fingerprint density at radius 1 is 1.08 bits per heavy atom. The summed E-state index contributed by atoms with van der Waals surface area (Å²) in [7, 11) is 0. The Hall–Kier alpha value is -2.86. The summed E-state index contributed by atoms with van der Waals surface area (Å²) in [5.41, 5.74) is 10.6. The lowest BCUT2D eigenvalue weighted by Gasteiger charge is -2.10. The molecule has 0 saturated carbocycles. The Kier molecular flexibility index (Phi) is 4.77. The van der Waals surface area contributed by atoms with Crippen LogP contribution in [0.4, 0.5) is 5.69 Å². The van der Waals surface area contributed by atoms with E-state index < -0.39 is 0 Å². The molecular formula is C18H21N5O. The van der Waals surface area contributed by atoms with Gasteiger partial charge in [-0.3, -0.25) is 0 Å². The topological polar surface area (TPSA) is 75.0 Å². The van der Waals surface area contributed by atoms with Gasteiger partial charge in [0.25, 0.3) is 0 Å². The molecule has 0 atom stereocenters. The van der Waals surface area contributed by atoms with Gasteiger partial charge < -0.3 is 10.5 Å². The molecule has 0 aliphatic rings. The minimum atomic E-state index is 0.211. The first-order valence-corrected chi connectivity index (χ1v) is 7.96. The van der Waals surface area contributed by atoms with Crippen LogP contribution >= 0.6 is 0 Å². The second kappa shape index (κ2) is 7.14. The summed E-state index contributed by atoms with van der Waals surface area (Å²) in [6.45, 7) is 4.48. The Balaban J connectivity index is 1.68. The third-order valence-corrected chi connectivity index (χ3v) is 3.80. The fourth-order valence-electron chi connectivity index (χ4n) is 2.44. The zero-order chi connectivity index (χ0) is 16.9. The average Bonchev–Trinajstić information content (AvgIpc) is 2.98. The zero-order valence-corrected chi connectivity index (χ0v) is 13.8. The highest BCUT2D eigenvalue weighted by atomic mass is 16.3. The van der Waals surface area contributed by atoms with E-state index in [0.29, 0.717) is 6.54 Å². The van der Waals surface area contributed by atoms with Crippen molar-refractivity contribution >= 4 is 5.69 Å². The minimum absolute atomic E-state index is 0.211. The lowest BCUT2D eigenvalue weighted by atomic mass is 10.2. The molecule has 3 aromatic rings. The highest BCUT2D eigenvalue weighted by Crippen LogP contribution is 2.21. The lowest BCUT2D eigenvalue weighted by molar-refractivity contribution is 0.465. The van der Waals surface area contributed by atoms with Crippen molar-refractivity contribution in [1.82, 2.24) is 20.4 Å². The summed E-state index contributed by atoms with van der Waals surface area (Å²) in [6, 6.07) is 15.3. The van der Waals surface area contributed by atoms with Crippen LogP contribution in [-0.4, -0.2) is 20.1 Å². The molecule has 0 radical (unpaired) electrons.